The molecular formula is C32H33N5O6. The molecule has 6 rings (SSSR count). The number of anilines is 3. The van der Waals surface area contributed by atoms with Crippen LogP contribution >= 0.6 is 0 Å². The molecule has 3 heterocycles. The number of fused-ring (bicyclic) bond motifs is 2. The van der Waals surface area contributed by atoms with Gasteiger partial charge >= 0.3 is 5.97 Å². The lowest BCUT2D eigenvalue weighted by atomic mass is 9.98. The molecule has 1 fully saturated rings. The second kappa shape index (κ2) is 11.8. The van der Waals surface area contributed by atoms with Crippen LogP contribution in [0.4, 0.5) is 17.1 Å². The number of carbonyl (C=O) groups is 3. The lowest BCUT2D eigenvalue weighted by Gasteiger charge is -2.32. The first-order valence-electron chi connectivity index (χ1n) is 14.0. The van der Waals surface area contributed by atoms with Crippen LogP contribution in [0.5, 0.6) is 11.5 Å². The molecule has 0 saturated carbocycles. The molecule has 11 heteroatoms. The molecule has 0 aromatic heterocycles. The topological polar surface area (TPSA) is 113 Å². The van der Waals surface area contributed by atoms with Crippen molar-refractivity contribution in [2.75, 3.05) is 76.3 Å². The highest BCUT2D eigenvalue weighted by Crippen LogP contribution is 2.41. The van der Waals surface area contributed by atoms with Crippen molar-refractivity contribution in [3.63, 3.8) is 0 Å². The molecule has 0 atom stereocenters. The third kappa shape index (κ3) is 5.77. The van der Waals surface area contributed by atoms with E-state index in [0.29, 0.717) is 57.4 Å². The fourth-order valence-electron chi connectivity index (χ4n) is 5.35. The minimum absolute atomic E-state index is 0.0223. The third-order valence-corrected chi connectivity index (χ3v) is 7.95. The van der Waals surface area contributed by atoms with Gasteiger partial charge in [-0.25, -0.2) is 4.79 Å². The number of ether oxygens (including phenoxy) is 3. The van der Waals surface area contributed by atoms with E-state index >= 15 is 0 Å². The monoisotopic (exact) mass is 583 g/mol. The average molecular weight is 584 g/mol. The largest absolute Gasteiger partial charge is 0.465 e. The number of likely N-dealkylation sites (N-methyl/N-ethyl adjacent to an activating group) is 2. The van der Waals surface area contributed by atoms with Crippen LogP contribution in [-0.2, 0) is 14.3 Å². The molecule has 0 unspecified atom stereocenters. The highest BCUT2D eigenvalue weighted by atomic mass is 16.7. The molecule has 0 aliphatic carbocycles. The fraction of sp³-hybridized carbons (Fsp3) is 0.281. The Bertz CT molecular complexity index is 1610. The summed E-state index contributed by atoms with van der Waals surface area (Å²) in [5.74, 6) is 0.388. The molecule has 3 aliphatic heterocycles. The van der Waals surface area contributed by atoms with Crippen molar-refractivity contribution < 1.29 is 28.6 Å². The summed E-state index contributed by atoms with van der Waals surface area (Å²) in [6, 6.07) is 17.9. The van der Waals surface area contributed by atoms with Gasteiger partial charge in [-0.2, -0.15) is 0 Å². The summed E-state index contributed by atoms with van der Waals surface area (Å²) < 4.78 is 16.0. The van der Waals surface area contributed by atoms with Crippen LogP contribution in [0.2, 0.25) is 0 Å². The number of piperazine rings is 1. The lowest BCUT2D eigenvalue weighted by molar-refractivity contribution is -0.119. The molecule has 2 amide bonds. The summed E-state index contributed by atoms with van der Waals surface area (Å²) in [5, 5.41) is 6.31. The van der Waals surface area contributed by atoms with E-state index in [-0.39, 0.29) is 18.6 Å². The number of rotatable bonds is 7. The molecule has 3 aromatic carbocycles. The van der Waals surface area contributed by atoms with Crippen molar-refractivity contribution in [3.8, 4) is 11.5 Å². The highest BCUT2D eigenvalue weighted by molar-refractivity contribution is 6.37. The number of hydrogen-bond donors (Lipinski definition) is 2. The number of nitrogens with one attached hydrogen (secondary N) is 2. The third-order valence-electron chi connectivity index (χ3n) is 7.95. The van der Waals surface area contributed by atoms with Gasteiger partial charge in [0.05, 0.1) is 30.5 Å². The van der Waals surface area contributed by atoms with Gasteiger partial charge in [-0.3, -0.25) is 14.5 Å². The standard InChI is InChI=1S/C32H33N5O6/c1-35-12-14-37(15-13-35)18-28(38)36(2)23-8-6-22(7-9-23)33-30(20-5-11-26-27(17-20)43-19-42-26)29-24-16-21(32(40)41-3)4-10-25(24)34-31(29)39/h4-11,16-17,33H,12-15,18-19H2,1-3H3,(H,34,39)/b30-29-. The van der Waals surface area contributed by atoms with E-state index in [1.807, 2.05) is 36.4 Å². The lowest BCUT2D eigenvalue weighted by Crippen LogP contribution is -2.48. The van der Waals surface area contributed by atoms with E-state index in [1.54, 1.807) is 36.2 Å². The van der Waals surface area contributed by atoms with E-state index < -0.39 is 5.97 Å². The van der Waals surface area contributed by atoms with Gasteiger partial charge in [-0.1, -0.05) is 0 Å². The Balaban J connectivity index is 1.31. The number of esters is 1. The second-order valence-corrected chi connectivity index (χ2v) is 10.7. The summed E-state index contributed by atoms with van der Waals surface area (Å²) in [5.41, 5.74) is 4.51. The molecule has 0 bridgehead atoms. The molecule has 222 valence electrons. The van der Waals surface area contributed by atoms with Crippen molar-refractivity contribution in [2.45, 2.75) is 0 Å². The smallest absolute Gasteiger partial charge is 0.337 e. The maximum Gasteiger partial charge on any atom is 0.337 e. The van der Waals surface area contributed by atoms with Gasteiger partial charge in [0.2, 0.25) is 12.7 Å². The Morgan fingerprint density at radius 2 is 1.67 bits per heavy atom. The SMILES string of the molecule is COC(=O)c1ccc2c(c1)/C(=C(/Nc1ccc(N(C)C(=O)CN3CCN(C)CC3)cc1)c1ccc3c(c1)OCO3)C(=O)N2. The van der Waals surface area contributed by atoms with Crippen molar-refractivity contribution in [3.05, 3.63) is 77.4 Å². The number of amides is 2. The zero-order valence-electron chi connectivity index (χ0n) is 24.3. The van der Waals surface area contributed by atoms with Crippen LogP contribution in [0.25, 0.3) is 11.3 Å². The Morgan fingerprint density at radius 3 is 2.42 bits per heavy atom. The van der Waals surface area contributed by atoms with E-state index in [2.05, 4.69) is 27.5 Å². The summed E-state index contributed by atoms with van der Waals surface area (Å²) in [6.45, 7) is 4.12. The minimum Gasteiger partial charge on any atom is -0.465 e. The number of methoxy groups -OCH3 is 1. The summed E-state index contributed by atoms with van der Waals surface area (Å²) in [6.07, 6.45) is 0. The predicted molar refractivity (Wildman–Crippen MR) is 163 cm³/mol. The number of hydrogen-bond acceptors (Lipinski definition) is 9. The van der Waals surface area contributed by atoms with Gasteiger partial charge in [-0.15, -0.1) is 0 Å². The number of nitrogens with zero attached hydrogens (tertiary/aromatic N) is 3. The second-order valence-electron chi connectivity index (χ2n) is 10.7. The molecule has 1 saturated heterocycles. The van der Waals surface area contributed by atoms with Gasteiger partial charge in [0, 0.05) is 61.4 Å². The molecule has 0 spiro atoms. The van der Waals surface area contributed by atoms with E-state index in [0.717, 1.165) is 31.9 Å². The molecule has 3 aliphatic rings. The first-order chi connectivity index (χ1) is 20.8. The normalized spacial score (nSPS) is 17.2. The molecule has 3 aromatic rings. The predicted octanol–water partition coefficient (Wildman–Crippen LogP) is 3.34. The number of benzene rings is 3. The van der Waals surface area contributed by atoms with E-state index in [1.165, 1.54) is 7.11 Å². The van der Waals surface area contributed by atoms with Crippen molar-refractivity contribution in [1.82, 2.24) is 9.80 Å². The van der Waals surface area contributed by atoms with Gasteiger partial charge < -0.3 is 34.6 Å². The van der Waals surface area contributed by atoms with Crippen LogP contribution in [0.15, 0.2) is 60.7 Å². The summed E-state index contributed by atoms with van der Waals surface area (Å²) in [7, 11) is 5.18. The first-order valence-corrected chi connectivity index (χ1v) is 14.0. The summed E-state index contributed by atoms with van der Waals surface area (Å²) in [4.78, 5) is 44.8. The summed E-state index contributed by atoms with van der Waals surface area (Å²) >= 11 is 0. The molecule has 11 nitrogen and oxygen atoms in total. The quantitative estimate of drug-likeness (QED) is 0.320. The van der Waals surface area contributed by atoms with E-state index in [9.17, 15) is 14.4 Å². The first kappa shape index (κ1) is 28.3. The Hall–Kier alpha value is -4.87. The molecule has 43 heavy (non-hydrogen) atoms. The Morgan fingerprint density at radius 1 is 0.953 bits per heavy atom. The molecular weight excluding hydrogens is 550 g/mol. The van der Waals surface area contributed by atoms with Crippen molar-refractivity contribution in [1.29, 1.82) is 0 Å². The van der Waals surface area contributed by atoms with Gasteiger partial charge in [0.1, 0.15) is 0 Å². The van der Waals surface area contributed by atoms with Crippen molar-refractivity contribution in [2.24, 2.45) is 0 Å². The maximum absolute atomic E-state index is 13.4. The molecule has 2 N–H and O–H groups in total. The minimum atomic E-state index is -0.499. The zero-order chi connectivity index (χ0) is 30.1. The van der Waals surface area contributed by atoms with Crippen molar-refractivity contribution >= 4 is 46.1 Å². The average Bonchev–Trinajstić information content (AvgIpc) is 3.63. The Kier molecular flexibility index (Phi) is 7.75. The number of carbonyl (C=O) groups excluding carboxylic acids is 3. The zero-order valence-corrected chi connectivity index (χ0v) is 24.3. The van der Waals surface area contributed by atoms with Crippen LogP contribution in [0.3, 0.4) is 0 Å². The van der Waals surface area contributed by atoms with Gasteiger partial charge in [-0.05, 0) is 67.7 Å². The van der Waals surface area contributed by atoms with Gasteiger partial charge in [0.25, 0.3) is 5.91 Å². The molecule has 0 radical (unpaired) electrons. The Labute approximate surface area is 249 Å². The van der Waals surface area contributed by atoms with Crippen LogP contribution in [-0.4, -0.2) is 88.3 Å². The fourth-order valence-corrected chi connectivity index (χ4v) is 5.35. The maximum atomic E-state index is 13.4. The van der Waals surface area contributed by atoms with E-state index in [4.69, 9.17) is 14.2 Å². The van der Waals surface area contributed by atoms with Crippen LogP contribution in [0, 0.1) is 0 Å². The van der Waals surface area contributed by atoms with Crippen LogP contribution < -0.4 is 25.0 Å². The highest BCUT2D eigenvalue weighted by Gasteiger charge is 2.30. The van der Waals surface area contributed by atoms with Crippen LogP contribution in [0.1, 0.15) is 21.5 Å². The van der Waals surface area contributed by atoms with Gasteiger partial charge in [0.15, 0.2) is 11.5 Å².